The van der Waals surface area contributed by atoms with E-state index < -0.39 is 6.04 Å². The van der Waals surface area contributed by atoms with E-state index in [0.717, 1.165) is 28.3 Å². The molecule has 0 saturated heterocycles. The quantitative estimate of drug-likeness (QED) is 0.238. The van der Waals surface area contributed by atoms with E-state index in [1.54, 1.807) is 22.9 Å². The zero-order valence-corrected chi connectivity index (χ0v) is 22.7. The lowest BCUT2D eigenvalue weighted by Gasteiger charge is -2.40. The van der Waals surface area contributed by atoms with Crippen LogP contribution in [0.25, 0.3) is 5.69 Å². The first-order chi connectivity index (χ1) is 19.5. The predicted molar refractivity (Wildman–Crippen MR) is 160 cm³/mol. The Morgan fingerprint density at radius 3 is 2.38 bits per heavy atom. The third kappa shape index (κ3) is 3.97. The minimum absolute atomic E-state index is 0.314. The molecule has 0 aliphatic carbocycles. The minimum atomic E-state index is -0.552. The molecule has 1 N–H and O–H groups in total. The Labute approximate surface area is 240 Å². The van der Waals surface area contributed by atoms with Crippen molar-refractivity contribution >= 4 is 57.8 Å². The average molecular weight is 567 g/mol. The number of halogens is 3. The number of aromatic nitrogens is 2. The van der Waals surface area contributed by atoms with Crippen molar-refractivity contribution in [2.24, 2.45) is 9.98 Å². The second kappa shape index (κ2) is 9.62. The van der Waals surface area contributed by atoms with Gasteiger partial charge < -0.3 is 10.2 Å². The highest BCUT2D eigenvalue weighted by atomic mass is 35.5. The molecule has 0 radical (unpaired) electrons. The summed E-state index contributed by atoms with van der Waals surface area (Å²) >= 11 is 12.5. The first-order valence-electron chi connectivity index (χ1n) is 12.7. The molecule has 0 saturated carbocycles. The normalized spacial score (nSPS) is 15.5. The van der Waals surface area contributed by atoms with Gasteiger partial charge in [-0.2, -0.15) is 5.10 Å². The van der Waals surface area contributed by atoms with Gasteiger partial charge in [-0.05, 0) is 55.5 Å². The maximum atomic E-state index is 15.6. The Hall–Kier alpha value is -4.46. The van der Waals surface area contributed by atoms with Gasteiger partial charge >= 0.3 is 0 Å². The molecule has 0 bridgehead atoms. The fourth-order valence-corrected chi connectivity index (χ4v) is 5.55. The monoisotopic (exact) mass is 566 g/mol. The Balaban J connectivity index is 1.50. The van der Waals surface area contributed by atoms with Crippen molar-refractivity contribution in [1.29, 1.82) is 0 Å². The first-order valence-corrected chi connectivity index (χ1v) is 13.4. The Bertz CT molecular complexity index is 1850. The van der Waals surface area contributed by atoms with Crippen molar-refractivity contribution < 1.29 is 4.39 Å². The van der Waals surface area contributed by atoms with Crippen LogP contribution in [0.3, 0.4) is 0 Å². The van der Waals surface area contributed by atoms with Gasteiger partial charge in [0.25, 0.3) is 0 Å². The number of hydrogen-bond donors (Lipinski definition) is 1. The summed E-state index contributed by atoms with van der Waals surface area (Å²) in [7, 11) is 0. The number of nitrogens with one attached hydrogen (secondary N) is 1. The van der Waals surface area contributed by atoms with Crippen molar-refractivity contribution in [2.45, 2.75) is 13.0 Å². The van der Waals surface area contributed by atoms with Crippen LogP contribution in [0.4, 0.5) is 27.3 Å². The van der Waals surface area contributed by atoms with Crippen LogP contribution in [-0.4, -0.2) is 21.5 Å². The molecular weight excluding hydrogens is 546 g/mol. The van der Waals surface area contributed by atoms with Crippen LogP contribution < -0.4 is 10.2 Å². The van der Waals surface area contributed by atoms with E-state index in [2.05, 4.69) is 5.32 Å². The van der Waals surface area contributed by atoms with Crippen LogP contribution in [0.2, 0.25) is 10.0 Å². The molecule has 0 spiro atoms. The highest BCUT2D eigenvalue weighted by molar-refractivity contribution is 6.52. The third-order valence-corrected chi connectivity index (χ3v) is 7.76. The molecule has 1 aromatic heterocycles. The number of aliphatic imine (C=N–C) groups is 2. The molecule has 40 heavy (non-hydrogen) atoms. The smallest absolute Gasteiger partial charge is 0.179 e. The summed E-state index contributed by atoms with van der Waals surface area (Å²) in [6.07, 6.45) is 0. The van der Waals surface area contributed by atoms with Gasteiger partial charge in [0.15, 0.2) is 17.5 Å². The number of para-hydroxylation sites is 3. The van der Waals surface area contributed by atoms with E-state index in [1.807, 2.05) is 84.6 Å². The predicted octanol–water partition coefficient (Wildman–Crippen LogP) is 8.42. The Morgan fingerprint density at radius 2 is 1.57 bits per heavy atom. The summed E-state index contributed by atoms with van der Waals surface area (Å²) in [5.41, 5.74) is 5.17. The standard InChI is InChI=1S/C31H21Cl2FN6/c1-18-27-28(21-11-5-6-12-24(21)34)39-26-14-8-7-13-25(26)36-29(35-19-15-16-22(32)23(33)17-19)31(39)37-30(27)40(38-18)20-9-3-2-4-10-20/h2-17,28H,1H3,(H,35,36)/t28-/m0/s1. The zero-order chi connectivity index (χ0) is 27.4. The maximum absolute atomic E-state index is 15.6. The topological polar surface area (TPSA) is 57.8 Å². The summed E-state index contributed by atoms with van der Waals surface area (Å²) in [5.74, 6) is 1.32. The molecule has 5 aromatic rings. The van der Waals surface area contributed by atoms with Gasteiger partial charge in [-0.3, -0.25) is 0 Å². The number of benzene rings is 4. The van der Waals surface area contributed by atoms with Crippen molar-refractivity contribution in [3.05, 3.63) is 130 Å². The van der Waals surface area contributed by atoms with E-state index in [9.17, 15) is 0 Å². The lowest BCUT2D eigenvalue weighted by Crippen LogP contribution is -2.46. The van der Waals surface area contributed by atoms with E-state index in [4.69, 9.17) is 38.3 Å². The maximum Gasteiger partial charge on any atom is 0.179 e. The van der Waals surface area contributed by atoms with E-state index in [1.165, 1.54) is 6.07 Å². The van der Waals surface area contributed by atoms with Crippen molar-refractivity contribution in [1.82, 2.24) is 9.78 Å². The summed E-state index contributed by atoms with van der Waals surface area (Å²) in [4.78, 5) is 12.1. The summed E-state index contributed by atoms with van der Waals surface area (Å²) in [6, 6.07) is 29.1. The molecule has 0 fully saturated rings. The van der Waals surface area contributed by atoms with Crippen LogP contribution in [0.15, 0.2) is 107 Å². The highest BCUT2D eigenvalue weighted by Gasteiger charge is 2.42. The molecule has 9 heteroatoms. The van der Waals surface area contributed by atoms with Gasteiger partial charge in [0.05, 0.1) is 38.8 Å². The van der Waals surface area contributed by atoms with Gasteiger partial charge in [-0.15, -0.1) is 0 Å². The van der Waals surface area contributed by atoms with Gasteiger partial charge in [0.2, 0.25) is 0 Å². The van der Waals surface area contributed by atoms with Gasteiger partial charge in [-0.25, -0.2) is 19.1 Å². The molecule has 7 rings (SSSR count). The van der Waals surface area contributed by atoms with Crippen molar-refractivity contribution in [3.8, 4) is 5.69 Å². The van der Waals surface area contributed by atoms with Gasteiger partial charge in [0, 0.05) is 16.8 Å². The third-order valence-electron chi connectivity index (χ3n) is 7.02. The van der Waals surface area contributed by atoms with Crippen LogP contribution in [0.5, 0.6) is 0 Å². The molecule has 0 unspecified atom stereocenters. The second-order valence-electron chi connectivity index (χ2n) is 9.50. The average Bonchev–Trinajstić information content (AvgIpc) is 3.31. The molecular formula is C31H21Cl2FN6. The summed E-state index contributed by atoms with van der Waals surface area (Å²) < 4.78 is 17.4. The Morgan fingerprint density at radius 1 is 0.825 bits per heavy atom. The molecule has 3 heterocycles. The molecule has 6 nitrogen and oxygen atoms in total. The number of anilines is 2. The fraction of sp³-hybridized carbons (Fsp3) is 0.0645. The lowest BCUT2D eigenvalue weighted by molar-refractivity contribution is 0.597. The van der Waals surface area contributed by atoms with E-state index in [0.29, 0.717) is 38.8 Å². The molecule has 4 aromatic carbocycles. The lowest BCUT2D eigenvalue weighted by atomic mass is 9.93. The number of fused-ring (bicyclic) bond motifs is 4. The number of amidine groups is 2. The van der Waals surface area contributed by atoms with E-state index >= 15 is 4.39 Å². The molecule has 2 aliphatic rings. The van der Waals surface area contributed by atoms with Crippen molar-refractivity contribution in [2.75, 3.05) is 10.2 Å². The van der Waals surface area contributed by atoms with Gasteiger partial charge in [0.1, 0.15) is 5.82 Å². The molecule has 0 amide bonds. The second-order valence-corrected chi connectivity index (χ2v) is 10.3. The largest absolute Gasteiger partial charge is 0.337 e. The first kappa shape index (κ1) is 24.6. The van der Waals surface area contributed by atoms with Crippen LogP contribution >= 0.6 is 23.2 Å². The van der Waals surface area contributed by atoms with E-state index in [-0.39, 0.29) is 5.82 Å². The zero-order valence-electron chi connectivity index (χ0n) is 21.2. The minimum Gasteiger partial charge on any atom is -0.337 e. The Kier molecular flexibility index (Phi) is 5.91. The molecule has 196 valence electrons. The number of hydrogen-bond acceptors (Lipinski definition) is 5. The molecule has 1 atom stereocenters. The molecule has 2 aliphatic heterocycles. The highest BCUT2D eigenvalue weighted by Crippen LogP contribution is 2.48. The fourth-order valence-electron chi connectivity index (χ4n) is 5.25. The summed E-state index contributed by atoms with van der Waals surface area (Å²) in [6.45, 7) is 1.94. The van der Waals surface area contributed by atoms with Crippen LogP contribution in [-0.2, 0) is 0 Å². The number of nitrogens with zero attached hydrogens (tertiary/aromatic N) is 5. The van der Waals surface area contributed by atoms with Crippen molar-refractivity contribution in [3.63, 3.8) is 0 Å². The van der Waals surface area contributed by atoms with Gasteiger partial charge in [-0.1, -0.05) is 71.7 Å². The SMILES string of the molecule is Cc1nn(-c2ccccc2)c2c1[C@H](c1ccccc1F)N1C(=N2)C(Nc2ccc(Cl)c(Cl)c2)=Nc2ccccc21. The van der Waals surface area contributed by atoms with Crippen LogP contribution in [0.1, 0.15) is 22.9 Å². The number of rotatable bonds is 3. The summed E-state index contributed by atoms with van der Waals surface area (Å²) in [5, 5.41) is 9.13. The van der Waals surface area contributed by atoms with Crippen LogP contribution in [0, 0.1) is 12.7 Å². The number of aryl methyl sites for hydroxylation is 1.